The van der Waals surface area contributed by atoms with Crippen LogP contribution in [0, 0.1) is 0 Å². The Morgan fingerprint density at radius 2 is 1.94 bits per heavy atom. The number of ether oxygens (including phenoxy) is 1. The van der Waals surface area contributed by atoms with Crippen LogP contribution < -0.4 is 0 Å². The molecule has 100 valence electrons. The highest BCUT2D eigenvalue weighted by Crippen LogP contribution is 2.23. The number of phenolic OH excluding ortho intramolecular Hbond substituents is 1. The van der Waals surface area contributed by atoms with Crippen LogP contribution in [0.15, 0.2) is 24.3 Å². The van der Waals surface area contributed by atoms with Crippen molar-refractivity contribution in [3.8, 4) is 5.75 Å². The van der Waals surface area contributed by atoms with Gasteiger partial charge < -0.3 is 9.84 Å². The zero-order valence-electron chi connectivity index (χ0n) is 11.4. The summed E-state index contributed by atoms with van der Waals surface area (Å²) in [6, 6.07) is 6.44. The molecule has 0 spiro atoms. The maximum absolute atomic E-state index is 11.9. The predicted molar refractivity (Wildman–Crippen MR) is 71.7 cm³/mol. The third-order valence-electron chi connectivity index (χ3n) is 2.88. The van der Waals surface area contributed by atoms with Gasteiger partial charge in [0.25, 0.3) is 0 Å². The van der Waals surface area contributed by atoms with E-state index in [4.69, 9.17) is 4.74 Å². The summed E-state index contributed by atoms with van der Waals surface area (Å²) in [7, 11) is 0. The number of phenols is 1. The van der Waals surface area contributed by atoms with Gasteiger partial charge in [-0.2, -0.15) is 0 Å². The molecule has 0 atom stereocenters. The molecule has 0 amide bonds. The molecule has 0 aliphatic heterocycles. The van der Waals surface area contributed by atoms with Crippen molar-refractivity contribution in [1.82, 2.24) is 0 Å². The lowest BCUT2D eigenvalue weighted by Gasteiger charge is -2.25. The Kier molecular flexibility index (Phi) is 5.20. The van der Waals surface area contributed by atoms with E-state index in [1.54, 1.807) is 18.2 Å². The topological polar surface area (TPSA) is 46.5 Å². The molecule has 0 aromatic heterocycles. The Labute approximate surface area is 109 Å². The van der Waals surface area contributed by atoms with Gasteiger partial charge in [-0.05, 0) is 38.8 Å². The number of carbonyl (C=O) groups excluding carboxylic acids is 1. The van der Waals surface area contributed by atoms with Crippen molar-refractivity contribution in [2.75, 3.05) is 0 Å². The summed E-state index contributed by atoms with van der Waals surface area (Å²) < 4.78 is 5.45. The molecule has 0 fully saturated rings. The molecule has 1 N–H and O–H groups in total. The summed E-state index contributed by atoms with van der Waals surface area (Å²) in [5, 5.41) is 9.59. The maximum Gasteiger partial charge on any atom is 0.342 e. The summed E-state index contributed by atoms with van der Waals surface area (Å²) >= 11 is 0. The quantitative estimate of drug-likeness (QED) is 0.615. The van der Waals surface area contributed by atoms with Gasteiger partial charge in [-0.25, -0.2) is 4.79 Å². The Morgan fingerprint density at radius 3 is 2.56 bits per heavy atom. The molecule has 0 saturated carbocycles. The molecule has 3 nitrogen and oxygen atoms in total. The fraction of sp³-hybridized carbons (Fsp3) is 0.533. The van der Waals surface area contributed by atoms with E-state index < -0.39 is 11.6 Å². The third-order valence-corrected chi connectivity index (χ3v) is 2.88. The van der Waals surface area contributed by atoms with Crippen molar-refractivity contribution in [2.45, 2.75) is 52.1 Å². The number of unbranched alkanes of at least 4 members (excludes halogenated alkanes) is 2. The minimum absolute atomic E-state index is 0.0353. The Hall–Kier alpha value is -1.51. The average molecular weight is 250 g/mol. The minimum Gasteiger partial charge on any atom is -0.507 e. The smallest absolute Gasteiger partial charge is 0.342 e. The Bertz CT molecular complexity index is 396. The molecule has 3 heteroatoms. The summed E-state index contributed by atoms with van der Waals surface area (Å²) in [5.41, 5.74) is -0.268. The van der Waals surface area contributed by atoms with E-state index in [0.717, 1.165) is 25.7 Å². The molecular formula is C15H22O3. The van der Waals surface area contributed by atoms with Gasteiger partial charge in [0.1, 0.15) is 16.9 Å². The lowest BCUT2D eigenvalue weighted by atomic mass is 10.0. The van der Waals surface area contributed by atoms with Crippen LogP contribution in [0.1, 0.15) is 56.8 Å². The van der Waals surface area contributed by atoms with Crippen LogP contribution in [-0.2, 0) is 4.74 Å². The van der Waals surface area contributed by atoms with Crippen LogP contribution >= 0.6 is 0 Å². The van der Waals surface area contributed by atoms with Gasteiger partial charge in [0.15, 0.2) is 0 Å². The lowest BCUT2D eigenvalue weighted by molar-refractivity contribution is -0.00569. The van der Waals surface area contributed by atoms with Crippen LogP contribution in [0.5, 0.6) is 5.75 Å². The van der Waals surface area contributed by atoms with E-state index in [9.17, 15) is 9.90 Å². The maximum atomic E-state index is 11.9. The molecular weight excluding hydrogens is 228 g/mol. The normalized spacial score (nSPS) is 11.3. The monoisotopic (exact) mass is 250 g/mol. The van der Waals surface area contributed by atoms with E-state index in [1.807, 2.05) is 13.8 Å². The third kappa shape index (κ3) is 4.40. The molecule has 0 aliphatic carbocycles. The Balaban J connectivity index is 2.61. The van der Waals surface area contributed by atoms with E-state index in [1.165, 1.54) is 6.07 Å². The predicted octanol–water partition coefficient (Wildman–Crippen LogP) is 3.91. The first kappa shape index (κ1) is 14.6. The Morgan fingerprint density at radius 1 is 1.28 bits per heavy atom. The fourth-order valence-electron chi connectivity index (χ4n) is 1.80. The number of carbonyl (C=O) groups is 1. The van der Waals surface area contributed by atoms with Gasteiger partial charge in [-0.3, -0.25) is 0 Å². The molecule has 1 aromatic carbocycles. The highest BCUT2D eigenvalue weighted by atomic mass is 16.6. The summed E-state index contributed by atoms with van der Waals surface area (Å²) in [5.74, 6) is -0.499. The number of aromatic hydroxyl groups is 1. The summed E-state index contributed by atoms with van der Waals surface area (Å²) in [6.07, 6.45) is 4.15. The number of benzene rings is 1. The lowest BCUT2D eigenvalue weighted by Crippen LogP contribution is -2.28. The van der Waals surface area contributed by atoms with Crippen molar-refractivity contribution in [1.29, 1.82) is 0 Å². The first-order valence-corrected chi connectivity index (χ1v) is 6.47. The highest BCUT2D eigenvalue weighted by molar-refractivity contribution is 5.92. The molecule has 0 unspecified atom stereocenters. The number of para-hydroxylation sites is 1. The summed E-state index contributed by atoms with van der Waals surface area (Å²) in [6.45, 7) is 5.95. The molecule has 18 heavy (non-hydrogen) atoms. The second-order valence-corrected chi connectivity index (χ2v) is 5.12. The zero-order valence-corrected chi connectivity index (χ0v) is 11.4. The van der Waals surface area contributed by atoms with Gasteiger partial charge >= 0.3 is 5.97 Å². The van der Waals surface area contributed by atoms with E-state index in [0.29, 0.717) is 0 Å². The van der Waals surface area contributed by atoms with Crippen molar-refractivity contribution in [3.05, 3.63) is 29.8 Å². The van der Waals surface area contributed by atoms with Crippen molar-refractivity contribution in [3.63, 3.8) is 0 Å². The second-order valence-electron chi connectivity index (χ2n) is 5.12. The molecule has 1 aromatic rings. The van der Waals surface area contributed by atoms with Crippen molar-refractivity contribution in [2.24, 2.45) is 0 Å². The van der Waals surface area contributed by atoms with Crippen LogP contribution in [0.2, 0.25) is 0 Å². The SMILES string of the molecule is CCCCCC(C)(C)OC(=O)c1ccccc1O. The number of rotatable bonds is 6. The molecule has 0 aliphatic rings. The van der Waals surface area contributed by atoms with E-state index >= 15 is 0 Å². The summed E-state index contributed by atoms with van der Waals surface area (Å²) in [4.78, 5) is 11.9. The number of esters is 1. The molecule has 0 heterocycles. The number of hydrogen-bond donors (Lipinski definition) is 1. The van der Waals surface area contributed by atoms with Gasteiger partial charge in [0, 0.05) is 0 Å². The number of hydrogen-bond acceptors (Lipinski definition) is 3. The average Bonchev–Trinajstić information content (AvgIpc) is 2.29. The van der Waals surface area contributed by atoms with Gasteiger partial charge in [-0.15, -0.1) is 0 Å². The minimum atomic E-state index is -0.492. The van der Waals surface area contributed by atoms with Crippen LogP contribution in [0.3, 0.4) is 0 Å². The van der Waals surface area contributed by atoms with Crippen molar-refractivity contribution < 1.29 is 14.6 Å². The van der Waals surface area contributed by atoms with Crippen LogP contribution in [0.4, 0.5) is 0 Å². The van der Waals surface area contributed by atoms with E-state index in [-0.39, 0.29) is 11.3 Å². The molecule has 0 bridgehead atoms. The zero-order chi connectivity index (χ0) is 13.6. The first-order valence-electron chi connectivity index (χ1n) is 6.47. The second kappa shape index (κ2) is 6.43. The first-order chi connectivity index (χ1) is 8.46. The highest BCUT2D eigenvalue weighted by Gasteiger charge is 2.24. The molecule has 1 rings (SSSR count). The van der Waals surface area contributed by atoms with Gasteiger partial charge in [0.05, 0.1) is 0 Å². The van der Waals surface area contributed by atoms with Gasteiger partial charge in [-0.1, -0.05) is 31.9 Å². The van der Waals surface area contributed by atoms with Gasteiger partial charge in [0.2, 0.25) is 0 Å². The van der Waals surface area contributed by atoms with Crippen molar-refractivity contribution >= 4 is 5.97 Å². The van der Waals surface area contributed by atoms with Crippen LogP contribution in [0.25, 0.3) is 0 Å². The molecule has 0 saturated heterocycles. The van der Waals surface area contributed by atoms with Crippen LogP contribution in [-0.4, -0.2) is 16.7 Å². The largest absolute Gasteiger partial charge is 0.507 e. The van der Waals surface area contributed by atoms with E-state index in [2.05, 4.69) is 6.92 Å². The molecule has 0 radical (unpaired) electrons. The fourth-order valence-corrected chi connectivity index (χ4v) is 1.80. The standard InChI is InChI=1S/C15H22O3/c1-4-5-8-11-15(2,3)18-14(17)12-9-6-7-10-13(12)16/h6-7,9-10,16H,4-5,8,11H2,1-3H3.